The van der Waals surface area contributed by atoms with Crippen LogP contribution in [0.3, 0.4) is 0 Å². The van der Waals surface area contributed by atoms with E-state index in [0.717, 1.165) is 0 Å². The molecule has 43 valence electrons. The molecule has 0 spiro atoms. The Morgan fingerprint density at radius 1 is 0.571 bits per heavy atom. The first-order valence-electron chi connectivity index (χ1n) is 0.707. The Hall–Kier alpha value is -0.341. The van der Waals surface area contributed by atoms with Crippen molar-refractivity contribution < 1.29 is 34.5 Å². The zero-order chi connectivity index (χ0) is 6.00. The van der Waals surface area contributed by atoms with Gasteiger partial charge >= 0.3 is 0 Å². The Labute approximate surface area is 55.4 Å². The topological polar surface area (TPSA) is 51.2 Å². The van der Waals surface area contributed by atoms with Gasteiger partial charge in [0, 0.05) is 20.1 Å². The minimum Gasteiger partial charge on any atom is -0.545 e. The standard InChI is InChI=1S/3CHO.Tc/c3*1-2;/h3*1H;/q3*-1;. The first-order chi connectivity index (χ1) is 3.00. The van der Waals surface area contributed by atoms with Gasteiger partial charge in [-0.2, -0.15) is 0 Å². The van der Waals surface area contributed by atoms with E-state index in [1.54, 1.807) is 0 Å². The molecule has 0 heterocycles. The van der Waals surface area contributed by atoms with E-state index >= 15 is 0 Å². The predicted octanol–water partition coefficient (Wildman–Crippen LogP) is -0.825. The van der Waals surface area contributed by atoms with Gasteiger partial charge in [0.15, 0.2) is 0 Å². The summed E-state index contributed by atoms with van der Waals surface area (Å²) in [5.41, 5.74) is 0. The molecule has 0 atom stereocenters. The predicted molar refractivity (Wildman–Crippen MR) is 20.3 cm³/mol. The van der Waals surface area contributed by atoms with Crippen LogP contribution in [0.4, 0.5) is 0 Å². The van der Waals surface area contributed by atoms with Gasteiger partial charge in [-0.3, -0.25) is 20.4 Å². The second kappa shape index (κ2) is 1060. The van der Waals surface area contributed by atoms with Gasteiger partial charge in [-0.15, -0.1) is 0 Å². The minimum absolute atomic E-state index is 0. The second-order valence-electron chi connectivity index (χ2n) is 0. The van der Waals surface area contributed by atoms with Crippen LogP contribution in [0, 0.1) is 0 Å². The van der Waals surface area contributed by atoms with Crippen LogP contribution in [0.1, 0.15) is 0 Å². The van der Waals surface area contributed by atoms with E-state index in [2.05, 4.69) is 20.4 Å². The van der Waals surface area contributed by atoms with Gasteiger partial charge in [0.25, 0.3) is 0 Å². The Morgan fingerprint density at radius 3 is 0.571 bits per heavy atom. The molecule has 0 aliphatic carbocycles. The summed E-state index contributed by atoms with van der Waals surface area (Å²) in [6.07, 6.45) is 0. The van der Waals surface area contributed by atoms with Gasteiger partial charge < -0.3 is 14.4 Å². The maximum absolute atomic E-state index is 7.75. The van der Waals surface area contributed by atoms with E-state index in [1.807, 2.05) is 0 Å². The Bertz CT molecular complexity index is 14.9. The van der Waals surface area contributed by atoms with Crippen LogP contribution in [0.25, 0.3) is 0 Å². The molecule has 1 radical (unpaired) electrons. The first-order valence-corrected chi connectivity index (χ1v) is 0.707. The molecule has 0 aliphatic rings. The molecule has 0 saturated carbocycles. The van der Waals surface area contributed by atoms with Gasteiger partial charge in [-0.25, -0.2) is 0 Å². The van der Waals surface area contributed by atoms with Crippen molar-refractivity contribution in [3.63, 3.8) is 0 Å². The number of hydrogen-bond acceptors (Lipinski definition) is 3. The zero-order valence-electron chi connectivity index (χ0n) is 3.33. The molecule has 0 aliphatic heterocycles. The van der Waals surface area contributed by atoms with Crippen LogP contribution in [0.5, 0.6) is 0 Å². The fraction of sp³-hybridized carbons (Fsp3) is 0. The van der Waals surface area contributed by atoms with Gasteiger partial charge in [-0.05, 0) is 0 Å². The van der Waals surface area contributed by atoms with Gasteiger partial charge in [0.1, 0.15) is 0 Å². The van der Waals surface area contributed by atoms with Crippen molar-refractivity contribution in [2.45, 2.75) is 0 Å². The second-order valence-corrected chi connectivity index (χ2v) is 0. The van der Waals surface area contributed by atoms with Crippen LogP contribution in [0.15, 0.2) is 0 Å². The maximum atomic E-state index is 7.75. The monoisotopic (exact) mass is 184 g/mol. The average Bonchev–Trinajstić information content (AvgIpc) is 1.81. The molecule has 0 N–H and O–H groups in total. The summed E-state index contributed by atoms with van der Waals surface area (Å²) in [6, 6.07) is 0. The van der Waals surface area contributed by atoms with E-state index in [1.165, 1.54) is 0 Å². The molecule has 0 unspecified atom stereocenters. The molecule has 0 aromatic rings. The largest absolute Gasteiger partial charge is 0.545 e. The van der Waals surface area contributed by atoms with E-state index in [-0.39, 0.29) is 20.1 Å². The molecule has 0 aromatic carbocycles. The number of rotatable bonds is 0. The maximum Gasteiger partial charge on any atom is 0 e. The fourth-order valence-electron chi connectivity index (χ4n) is 0. The van der Waals surface area contributed by atoms with Crippen molar-refractivity contribution in [2.24, 2.45) is 0 Å². The van der Waals surface area contributed by atoms with Crippen LogP contribution < -0.4 is 0 Å². The molecule has 0 saturated heterocycles. The summed E-state index contributed by atoms with van der Waals surface area (Å²) < 4.78 is 0. The van der Waals surface area contributed by atoms with Gasteiger partial charge in [-0.1, -0.05) is 0 Å². The fourth-order valence-corrected chi connectivity index (χ4v) is 0. The summed E-state index contributed by atoms with van der Waals surface area (Å²) in [6.45, 7) is 9.75. The third kappa shape index (κ3) is 653. The van der Waals surface area contributed by atoms with E-state index in [0.29, 0.717) is 0 Å². The number of hydrogen-bond donors (Lipinski definition) is 0. The summed E-state index contributed by atoms with van der Waals surface area (Å²) in [4.78, 5) is 23.2. The molecular formula is C3H3O3Tc-3. The van der Waals surface area contributed by atoms with E-state index < -0.39 is 0 Å². The Morgan fingerprint density at radius 2 is 0.571 bits per heavy atom. The van der Waals surface area contributed by atoms with Gasteiger partial charge in [0.2, 0.25) is 0 Å². The van der Waals surface area contributed by atoms with Crippen molar-refractivity contribution in [1.29, 1.82) is 0 Å². The molecule has 3 nitrogen and oxygen atoms in total. The Kier molecular flexibility index (Phi) is 4560. The molecule has 0 amide bonds. The van der Waals surface area contributed by atoms with Crippen molar-refractivity contribution in [3.05, 3.63) is 0 Å². The number of carbonyl (C=O) groups excluding carboxylic acids is 3. The molecule has 0 aromatic heterocycles. The molecule has 0 bridgehead atoms. The van der Waals surface area contributed by atoms with Crippen molar-refractivity contribution in [1.82, 2.24) is 0 Å². The van der Waals surface area contributed by atoms with Crippen LogP contribution in [-0.2, 0) is 34.5 Å². The average molecular weight is 185 g/mol. The summed E-state index contributed by atoms with van der Waals surface area (Å²) >= 11 is 0. The SMILES string of the molecule is [CH-]=O.[CH-]=O.[CH-]=O.[Tc]. The third-order valence-electron chi connectivity index (χ3n) is 0. The molecule has 0 fully saturated rings. The van der Waals surface area contributed by atoms with Crippen molar-refractivity contribution in [2.75, 3.05) is 0 Å². The van der Waals surface area contributed by atoms with E-state index in [4.69, 9.17) is 14.4 Å². The van der Waals surface area contributed by atoms with Gasteiger partial charge in [0.05, 0.1) is 0 Å². The normalized spacial score (nSPS) is 1.71. The first kappa shape index (κ1) is 30.2. The van der Waals surface area contributed by atoms with Crippen LogP contribution in [-0.4, -0.2) is 20.4 Å². The van der Waals surface area contributed by atoms with Crippen molar-refractivity contribution in [3.8, 4) is 0 Å². The molecule has 0 rings (SSSR count). The van der Waals surface area contributed by atoms with E-state index in [9.17, 15) is 0 Å². The van der Waals surface area contributed by atoms with Crippen molar-refractivity contribution >= 4 is 20.4 Å². The smallest absolute Gasteiger partial charge is 0 e. The third-order valence-corrected chi connectivity index (χ3v) is 0. The molecule has 4 heteroatoms. The summed E-state index contributed by atoms with van der Waals surface area (Å²) in [5, 5.41) is 0. The summed E-state index contributed by atoms with van der Waals surface area (Å²) in [7, 11) is 0. The van der Waals surface area contributed by atoms with Crippen LogP contribution in [0.2, 0.25) is 0 Å². The summed E-state index contributed by atoms with van der Waals surface area (Å²) in [5.74, 6) is 0. The molecule has 7 heavy (non-hydrogen) atoms. The Balaban J connectivity index is -0.00000000900. The molecular weight excluding hydrogens is 182 g/mol. The zero-order valence-corrected chi connectivity index (χ0v) is 5.19. The minimum atomic E-state index is 0. The van der Waals surface area contributed by atoms with Crippen LogP contribution >= 0.6 is 0 Å². The quantitative estimate of drug-likeness (QED) is 0.365.